The Balaban J connectivity index is 2.02. The quantitative estimate of drug-likeness (QED) is 0.896. The number of thiophene rings is 1. The minimum absolute atomic E-state index is 0.390. The van der Waals surface area contributed by atoms with Crippen molar-refractivity contribution in [3.05, 3.63) is 40.5 Å². The summed E-state index contributed by atoms with van der Waals surface area (Å²) in [5.74, 6) is 0.885. The van der Waals surface area contributed by atoms with Crippen LogP contribution in [0.4, 0.5) is 5.82 Å². The van der Waals surface area contributed by atoms with Crippen molar-refractivity contribution in [2.75, 3.05) is 11.9 Å². The van der Waals surface area contributed by atoms with Gasteiger partial charge in [0, 0.05) is 30.9 Å². The molecule has 5 heteroatoms. The molecule has 96 valence electrons. The van der Waals surface area contributed by atoms with Gasteiger partial charge in [0.1, 0.15) is 5.82 Å². The number of aromatic nitrogens is 2. The highest BCUT2D eigenvalue weighted by atomic mass is 32.1. The van der Waals surface area contributed by atoms with Gasteiger partial charge in [-0.05, 0) is 18.4 Å². The molecule has 2 rings (SSSR count). The molecule has 0 aliphatic heterocycles. The van der Waals surface area contributed by atoms with Crippen molar-refractivity contribution in [3.63, 3.8) is 0 Å². The molecule has 0 spiro atoms. The van der Waals surface area contributed by atoms with E-state index in [0.717, 1.165) is 17.9 Å². The lowest BCUT2D eigenvalue weighted by molar-refractivity contribution is 0.677. The Labute approximate surface area is 111 Å². The number of nitrogens with zero attached hydrogens (tertiary/aromatic N) is 3. The van der Waals surface area contributed by atoms with Gasteiger partial charge in [-0.2, -0.15) is 0 Å². The maximum absolute atomic E-state index is 5.51. The molecule has 0 radical (unpaired) electrons. The van der Waals surface area contributed by atoms with Gasteiger partial charge in [0.25, 0.3) is 0 Å². The molecule has 0 amide bonds. The van der Waals surface area contributed by atoms with Gasteiger partial charge in [-0.15, -0.1) is 11.3 Å². The first-order valence-electron chi connectivity index (χ1n) is 5.97. The van der Waals surface area contributed by atoms with Gasteiger partial charge in [-0.3, -0.25) is 4.98 Å². The molecule has 4 nitrogen and oxygen atoms in total. The summed E-state index contributed by atoms with van der Waals surface area (Å²) in [6, 6.07) is 4.64. The second-order valence-corrected chi connectivity index (χ2v) is 5.35. The van der Waals surface area contributed by atoms with Gasteiger partial charge in [0.2, 0.25) is 0 Å². The zero-order valence-corrected chi connectivity index (χ0v) is 11.5. The molecule has 0 aliphatic carbocycles. The number of likely N-dealkylation sites (N-methyl/N-ethyl adjacent to an activating group) is 1. The summed E-state index contributed by atoms with van der Waals surface area (Å²) in [7, 11) is 2.05. The molecule has 0 bridgehead atoms. The number of nitrogens with two attached hydrogens (primary N) is 1. The summed E-state index contributed by atoms with van der Waals surface area (Å²) in [4.78, 5) is 12.2. The van der Waals surface area contributed by atoms with Crippen molar-refractivity contribution in [2.24, 2.45) is 5.73 Å². The highest BCUT2D eigenvalue weighted by Gasteiger charge is 2.12. The summed E-state index contributed by atoms with van der Waals surface area (Å²) in [5, 5.41) is 2.11. The van der Waals surface area contributed by atoms with Gasteiger partial charge in [-0.25, -0.2) is 4.98 Å². The zero-order valence-electron chi connectivity index (χ0n) is 10.7. The van der Waals surface area contributed by atoms with Gasteiger partial charge in [0.15, 0.2) is 0 Å². The normalized spacial score (nSPS) is 12.4. The fourth-order valence-electron chi connectivity index (χ4n) is 1.72. The summed E-state index contributed by atoms with van der Waals surface area (Å²) in [6.45, 7) is 2.62. The zero-order chi connectivity index (χ0) is 13.0. The van der Waals surface area contributed by atoms with Gasteiger partial charge in [0.05, 0.1) is 18.1 Å². The van der Waals surface area contributed by atoms with E-state index >= 15 is 0 Å². The molecule has 0 aliphatic rings. The molecule has 0 aromatic carbocycles. The van der Waals surface area contributed by atoms with Crippen LogP contribution in [-0.2, 0) is 13.0 Å². The molecule has 0 saturated carbocycles. The lowest BCUT2D eigenvalue weighted by Gasteiger charge is -2.25. The minimum atomic E-state index is 0.390. The molecule has 2 aromatic rings. The SMILES string of the molecule is CC(Cc1cccs1)N(C)c1cnc(CN)cn1. The van der Waals surface area contributed by atoms with Crippen molar-refractivity contribution < 1.29 is 0 Å². The van der Waals surface area contributed by atoms with E-state index in [4.69, 9.17) is 5.73 Å². The molecule has 0 saturated heterocycles. The van der Waals surface area contributed by atoms with Crippen LogP contribution < -0.4 is 10.6 Å². The van der Waals surface area contributed by atoms with E-state index in [2.05, 4.69) is 39.3 Å². The summed E-state index contributed by atoms with van der Waals surface area (Å²) in [6.07, 6.45) is 4.55. The van der Waals surface area contributed by atoms with Crippen LogP contribution in [0, 0.1) is 0 Å². The van der Waals surface area contributed by atoms with Crippen molar-refractivity contribution in [2.45, 2.75) is 25.9 Å². The third-order valence-electron chi connectivity index (χ3n) is 3.00. The van der Waals surface area contributed by atoms with E-state index in [1.807, 2.05) is 7.05 Å². The Morgan fingerprint density at radius 2 is 2.22 bits per heavy atom. The van der Waals surface area contributed by atoms with Crippen LogP contribution in [0.1, 0.15) is 17.5 Å². The molecule has 2 aromatic heterocycles. The number of hydrogen-bond donors (Lipinski definition) is 1. The average Bonchev–Trinajstić information content (AvgIpc) is 2.91. The Bertz CT molecular complexity index is 466. The topological polar surface area (TPSA) is 55.0 Å². The lowest BCUT2D eigenvalue weighted by Crippen LogP contribution is -2.31. The molecule has 18 heavy (non-hydrogen) atoms. The van der Waals surface area contributed by atoms with Crippen molar-refractivity contribution in [1.82, 2.24) is 9.97 Å². The maximum atomic E-state index is 5.51. The second kappa shape index (κ2) is 5.93. The minimum Gasteiger partial charge on any atom is -0.355 e. The average molecular weight is 262 g/mol. The monoisotopic (exact) mass is 262 g/mol. The summed E-state index contributed by atoms with van der Waals surface area (Å²) >= 11 is 1.79. The standard InChI is InChI=1S/C13H18N4S/c1-10(6-12-4-3-5-18-12)17(2)13-9-15-11(7-14)8-16-13/h3-5,8-10H,6-7,14H2,1-2H3. The van der Waals surface area contributed by atoms with E-state index in [9.17, 15) is 0 Å². The number of anilines is 1. The van der Waals surface area contributed by atoms with Crippen LogP contribution in [0.25, 0.3) is 0 Å². The molecule has 1 unspecified atom stereocenters. The molecule has 2 heterocycles. The van der Waals surface area contributed by atoms with E-state index in [-0.39, 0.29) is 0 Å². The van der Waals surface area contributed by atoms with Gasteiger partial charge < -0.3 is 10.6 Å². The predicted molar refractivity (Wildman–Crippen MR) is 75.8 cm³/mol. The smallest absolute Gasteiger partial charge is 0.147 e. The summed E-state index contributed by atoms with van der Waals surface area (Å²) < 4.78 is 0. The third kappa shape index (κ3) is 3.05. The second-order valence-electron chi connectivity index (χ2n) is 4.31. The predicted octanol–water partition coefficient (Wildman–Crippen LogP) is 2.06. The Kier molecular flexibility index (Phi) is 4.28. The number of rotatable bonds is 5. The highest BCUT2D eigenvalue weighted by molar-refractivity contribution is 7.09. The Morgan fingerprint density at radius 3 is 2.78 bits per heavy atom. The van der Waals surface area contributed by atoms with E-state index in [1.54, 1.807) is 23.7 Å². The highest BCUT2D eigenvalue weighted by Crippen LogP contribution is 2.17. The molecule has 0 fully saturated rings. The van der Waals surface area contributed by atoms with Crippen LogP contribution >= 0.6 is 11.3 Å². The molecular weight excluding hydrogens is 244 g/mol. The fraction of sp³-hybridized carbons (Fsp3) is 0.385. The Hall–Kier alpha value is -1.46. The third-order valence-corrected chi connectivity index (χ3v) is 3.90. The van der Waals surface area contributed by atoms with Crippen molar-refractivity contribution in [3.8, 4) is 0 Å². The van der Waals surface area contributed by atoms with E-state index in [1.165, 1.54) is 4.88 Å². The molecule has 1 atom stereocenters. The number of hydrogen-bond acceptors (Lipinski definition) is 5. The fourth-order valence-corrected chi connectivity index (χ4v) is 2.54. The van der Waals surface area contributed by atoms with Crippen LogP contribution in [-0.4, -0.2) is 23.1 Å². The van der Waals surface area contributed by atoms with Crippen LogP contribution in [0.2, 0.25) is 0 Å². The van der Waals surface area contributed by atoms with Crippen LogP contribution in [0.15, 0.2) is 29.9 Å². The first kappa shape index (κ1) is 13.0. The molecule has 2 N–H and O–H groups in total. The largest absolute Gasteiger partial charge is 0.355 e. The van der Waals surface area contributed by atoms with Gasteiger partial charge >= 0.3 is 0 Å². The van der Waals surface area contributed by atoms with Crippen molar-refractivity contribution >= 4 is 17.2 Å². The first-order chi connectivity index (χ1) is 8.70. The van der Waals surface area contributed by atoms with Gasteiger partial charge in [-0.1, -0.05) is 6.07 Å². The first-order valence-corrected chi connectivity index (χ1v) is 6.85. The lowest BCUT2D eigenvalue weighted by atomic mass is 10.2. The summed E-state index contributed by atoms with van der Waals surface area (Å²) in [5.41, 5.74) is 6.33. The van der Waals surface area contributed by atoms with Crippen molar-refractivity contribution in [1.29, 1.82) is 0 Å². The maximum Gasteiger partial charge on any atom is 0.147 e. The van der Waals surface area contributed by atoms with E-state index in [0.29, 0.717) is 12.6 Å². The Morgan fingerprint density at radius 1 is 1.39 bits per heavy atom. The molecular formula is C13H18N4S. The van der Waals surface area contributed by atoms with E-state index < -0.39 is 0 Å². The van der Waals surface area contributed by atoms with Crippen LogP contribution in [0.3, 0.4) is 0 Å². The van der Waals surface area contributed by atoms with Crippen LogP contribution in [0.5, 0.6) is 0 Å².